The van der Waals surface area contributed by atoms with Crippen LogP contribution >= 0.6 is 11.8 Å². The van der Waals surface area contributed by atoms with Gasteiger partial charge in [0, 0.05) is 14.1 Å². The predicted molar refractivity (Wildman–Crippen MR) is 126 cm³/mol. The van der Waals surface area contributed by atoms with Crippen LogP contribution in [0, 0.1) is 6.92 Å². The number of carbonyl (C=O) groups is 1. The maximum atomic E-state index is 13.5. The molecule has 1 aromatic heterocycles. The van der Waals surface area contributed by atoms with Gasteiger partial charge in [-0.2, -0.15) is 0 Å². The van der Waals surface area contributed by atoms with Crippen molar-refractivity contribution in [3.8, 4) is 5.69 Å². The number of rotatable bonds is 5. The highest BCUT2D eigenvalue weighted by Crippen LogP contribution is 2.36. The third kappa shape index (κ3) is 4.11. The summed E-state index contributed by atoms with van der Waals surface area (Å²) < 4.78 is 1.63. The van der Waals surface area contributed by atoms with E-state index >= 15 is 0 Å². The smallest absolute Gasteiger partial charge is 0.266 e. The Morgan fingerprint density at radius 3 is 2.29 bits per heavy atom. The first-order chi connectivity index (χ1) is 15.0. The first-order valence-corrected chi connectivity index (χ1v) is 10.9. The molecule has 0 N–H and O–H groups in total. The number of hydrogen-bond acceptors (Lipinski definition) is 4. The molecular formula is C25H23N3O2S. The fourth-order valence-corrected chi connectivity index (χ4v) is 4.70. The zero-order valence-electron chi connectivity index (χ0n) is 17.6. The number of benzene rings is 3. The van der Waals surface area contributed by atoms with Gasteiger partial charge in [0.2, 0.25) is 5.91 Å². The highest BCUT2D eigenvalue weighted by Gasteiger charge is 2.27. The Bertz CT molecular complexity index is 1300. The van der Waals surface area contributed by atoms with E-state index in [0.717, 1.165) is 16.8 Å². The first-order valence-electron chi connectivity index (χ1n) is 9.98. The molecule has 0 saturated carbocycles. The molecule has 31 heavy (non-hydrogen) atoms. The van der Waals surface area contributed by atoms with Crippen molar-refractivity contribution in [2.24, 2.45) is 0 Å². The third-order valence-corrected chi connectivity index (χ3v) is 6.29. The van der Waals surface area contributed by atoms with Crippen molar-refractivity contribution in [3.05, 3.63) is 100 Å². The lowest BCUT2D eigenvalue weighted by atomic mass is 10.1. The van der Waals surface area contributed by atoms with Crippen LogP contribution in [0.1, 0.15) is 16.4 Å². The van der Waals surface area contributed by atoms with Gasteiger partial charge < -0.3 is 4.90 Å². The number of carbonyl (C=O) groups excluding carboxylic acids is 1. The number of likely N-dealkylation sites (N-methyl/N-ethyl adjacent to an activating group) is 1. The van der Waals surface area contributed by atoms with Crippen LogP contribution in [0.25, 0.3) is 16.6 Å². The number of aromatic nitrogens is 2. The van der Waals surface area contributed by atoms with E-state index in [-0.39, 0.29) is 11.5 Å². The van der Waals surface area contributed by atoms with Crippen LogP contribution < -0.4 is 5.56 Å². The molecule has 0 aliphatic carbocycles. The number of para-hydroxylation sites is 2. The molecule has 0 aliphatic rings. The van der Waals surface area contributed by atoms with E-state index in [1.165, 1.54) is 11.8 Å². The Labute approximate surface area is 185 Å². The van der Waals surface area contributed by atoms with E-state index in [1.807, 2.05) is 79.7 Å². The van der Waals surface area contributed by atoms with Gasteiger partial charge in [0.05, 0.1) is 16.6 Å². The van der Waals surface area contributed by atoms with Gasteiger partial charge in [-0.3, -0.25) is 14.2 Å². The number of nitrogens with zero attached hydrogens (tertiary/aromatic N) is 3. The molecular weight excluding hydrogens is 406 g/mol. The van der Waals surface area contributed by atoms with Gasteiger partial charge >= 0.3 is 0 Å². The molecule has 0 radical (unpaired) electrons. The normalized spacial score (nSPS) is 12.0. The van der Waals surface area contributed by atoms with E-state index < -0.39 is 5.25 Å². The maximum Gasteiger partial charge on any atom is 0.266 e. The summed E-state index contributed by atoms with van der Waals surface area (Å²) in [6.07, 6.45) is 0. The summed E-state index contributed by atoms with van der Waals surface area (Å²) in [5, 5.41) is 0.506. The molecule has 0 fully saturated rings. The van der Waals surface area contributed by atoms with Crippen molar-refractivity contribution in [2.45, 2.75) is 17.3 Å². The van der Waals surface area contributed by atoms with Gasteiger partial charge in [-0.15, -0.1) is 0 Å². The second-order valence-electron chi connectivity index (χ2n) is 7.48. The predicted octanol–water partition coefficient (Wildman–Crippen LogP) is 4.62. The van der Waals surface area contributed by atoms with Gasteiger partial charge in [0.25, 0.3) is 5.56 Å². The van der Waals surface area contributed by atoms with Gasteiger partial charge in [0.1, 0.15) is 5.25 Å². The second kappa shape index (κ2) is 8.78. The Morgan fingerprint density at radius 1 is 0.935 bits per heavy atom. The lowest BCUT2D eigenvalue weighted by Gasteiger charge is -2.22. The van der Waals surface area contributed by atoms with Gasteiger partial charge in [-0.1, -0.05) is 72.4 Å². The third-order valence-electron chi connectivity index (χ3n) is 5.09. The standard InChI is InChI=1S/C25H23N3O2S/c1-17-11-7-10-16-21(17)28-23(29)19-14-8-9-15-20(19)26-25(28)31-22(24(30)27(2)3)18-12-5-4-6-13-18/h4-16,22H,1-3H3. The van der Waals surface area contributed by atoms with Crippen LogP contribution in [0.5, 0.6) is 0 Å². The van der Waals surface area contributed by atoms with E-state index in [9.17, 15) is 9.59 Å². The molecule has 0 saturated heterocycles. The molecule has 4 aromatic rings. The maximum absolute atomic E-state index is 13.5. The van der Waals surface area contributed by atoms with Crippen LogP contribution in [0.4, 0.5) is 0 Å². The topological polar surface area (TPSA) is 55.2 Å². The minimum absolute atomic E-state index is 0.0602. The quantitative estimate of drug-likeness (QED) is 0.343. The highest BCUT2D eigenvalue weighted by atomic mass is 32.2. The van der Waals surface area contributed by atoms with Crippen molar-refractivity contribution in [1.82, 2.24) is 14.5 Å². The molecule has 5 nitrogen and oxygen atoms in total. The van der Waals surface area contributed by atoms with Crippen molar-refractivity contribution in [3.63, 3.8) is 0 Å². The minimum atomic E-state index is -0.528. The highest BCUT2D eigenvalue weighted by molar-refractivity contribution is 8.00. The summed E-state index contributed by atoms with van der Waals surface area (Å²) in [4.78, 5) is 33.0. The number of thioether (sulfide) groups is 1. The summed E-state index contributed by atoms with van der Waals surface area (Å²) in [6, 6.07) is 24.6. The van der Waals surface area contributed by atoms with Crippen LogP contribution in [0.2, 0.25) is 0 Å². The molecule has 0 aliphatic heterocycles. The Hall–Kier alpha value is -3.38. The zero-order chi connectivity index (χ0) is 22.0. The molecule has 1 heterocycles. The average Bonchev–Trinajstić information content (AvgIpc) is 2.78. The van der Waals surface area contributed by atoms with Crippen molar-refractivity contribution < 1.29 is 4.79 Å². The molecule has 4 rings (SSSR count). The second-order valence-corrected chi connectivity index (χ2v) is 8.55. The number of hydrogen-bond donors (Lipinski definition) is 0. The fourth-order valence-electron chi connectivity index (χ4n) is 3.45. The molecule has 0 spiro atoms. The number of amides is 1. The van der Waals surface area contributed by atoms with Crippen LogP contribution in [-0.4, -0.2) is 34.5 Å². The Kier molecular flexibility index (Phi) is 5.91. The first kappa shape index (κ1) is 20.9. The summed E-state index contributed by atoms with van der Waals surface area (Å²) in [6.45, 7) is 1.96. The van der Waals surface area contributed by atoms with Crippen LogP contribution in [0.3, 0.4) is 0 Å². The Morgan fingerprint density at radius 2 is 1.58 bits per heavy atom. The van der Waals surface area contributed by atoms with E-state index in [2.05, 4.69) is 0 Å². The van der Waals surface area contributed by atoms with Crippen molar-refractivity contribution in [2.75, 3.05) is 14.1 Å². The lowest BCUT2D eigenvalue weighted by Crippen LogP contribution is -2.28. The molecule has 1 atom stereocenters. The van der Waals surface area contributed by atoms with E-state index in [0.29, 0.717) is 16.1 Å². The molecule has 6 heteroatoms. The van der Waals surface area contributed by atoms with Crippen molar-refractivity contribution >= 4 is 28.6 Å². The molecule has 1 unspecified atom stereocenters. The van der Waals surface area contributed by atoms with E-state index in [1.54, 1.807) is 29.6 Å². The van der Waals surface area contributed by atoms with Crippen molar-refractivity contribution in [1.29, 1.82) is 0 Å². The van der Waals surface area contributed by atoms with Gasteiger partial charge in [0.15, 0.2) is 5.16 Å². The SMILES string of the molecule is Cc1ccccc1-n1c(SC(C(=O)N(C)C)c2ccccc2)nc2ccccc2c1=O. The minimum Gasteiger partial charge on any atom is -0.348 e. The van der Waals surface area contributed by atoms with Crippen LogP contribution in [-0.2, 0) is 4.79 Å². The summed E-state index contributed by atoms with van der Waals surface area (Å²) in [7, 11) is 3.47. The molecule has 3 aromatic carbocycles. The summed E-state index contributed by atoms with van der Waals surface area (Å²) in [5.41, 5.74) is 3.05. The monoisotopic (exact) mass is 429 g/mol. The van der Waals surface area contributed by atoms with Crippen LogP contribution in [0.15, 0.2) is 88.8 Å². The Balaban J connectivity index is 1.95. The average molecular weight is 430 g/mol. The summed E-state index contributed by atoms with van der Waals surface area (Å²) >= 11 is 1.30. The lowest BCUT2D eigenvalue weighted by molar-refractivity contribution is -0.128. The van der Waals surface area contributed by atoms with Gasteiger partial charge in [-0.05, 0) is 36.2 Å². The number of fused-ring (bicyclic) bond motifs is 1. The van der Waals surface area contributed by atoms with E-state index in [4.69, 9.17) is 4.98 Å². The molecule has 156 valence electrons. The fraction of sp³-hybridized carbons (Fsp3) is 0.160. The molecule has 0 bridgehead atoms. The summed E-state index contributed by atoms with van der Waals surface area (Å²) in [5.74, 6) is -0.0602. The zero-order valence-corrected chi connectivity index (χ0v) is 18.5. The largest absolute Gasteiger partial charge is 0.348 e. The molecule has 1 amide bonds. The number of aryl methyl sites for hydroxylation is 1. The van der Waals surface area contributed by atoms with Gasteiger partial charge in [-0.25, -0.2) is 4.98 Å².